The molecular weight excluding hydrogens is 430 g/mol. The number of thioether (sulfide) groups is 1. The molecule has 0 spiro atoms. The number of benzene rings is 3. The largest absolute Gasteiger partial charge is 0.319 e. The van der Waals surface area contributed by atoms with Crippen LogP contribution in [-0.2, 0) is 9.32 Å². The summed E-state index contributed by atoms with van der Waals surface area (Å²) in [5.74, 6) is 0. The van der Waals surface area contributed by atoms with Crippen LogP contribution >= 0.6 is 11.8 Å². The number of nitrogens with zero attached hydrogens (tertiary/aromatic N) is 1. The number of carbonyl (C=O) groups excluding carboxylic acids is 1. The molecule has 3 aromatic carbocycles. The number of hydrogen-bond acceptors (Lipinski definition) is 4. The van der Waals surface area contributed by atoms with E-state index >= 15 is 0 Å². The molecule has 5 heteroatoms. The molecule has 0 aliphatic rings. The maximum Gasteiger partial charge on any atom is 0.228 e. The van der Waals surface area contributed by atoms with Crippen LogP contribution in [0.15, 0.2) is 95.9 Å². The van der Waals surface area contributed by atoms with Crippen LogP contribution in [0, 0.1) is 0 Å². The van der Waals surface area contributed by atoms with Crippen molar-refractivity contribution >= 4 is 30.9 Å². The van der Waals surface area contributed by atoms with Crippen LogP contribution < -0.4 is 5.06 Å². The van der Waals surface area contributed by atoms with Crippen LogP contribution in [0.4, 0.5) is 5.69 Å². The first kappa shape index (κ1) is 24.3. The molecule has 168 valence electrons. The smallest absolute Gasteiger partial charge is 0.228 e. The van der Waals surface area contributed by atoms with Gasteiger partial charge in [-0.05, 0) is 48.0 Å². The van der Waals surface area contributed by atoms with E-state index in [1.807, 2.05) is 71.8 Å². The molecule has 0 aliphatic heterocycles. The van der Waals surface area contributed by atoms with Crippen molar-refractivity contribution in [2.24, 2.45) is 0 Å². The molecule has 0 saturated heterocycles. The third-order valence-electron chi connectivity index (χ3n) is 6.04. The first-order valence-electron chi connectivity index (χ1n) is 11.4. The van der Waals surface area contributed by atoms with Crippen LogP contribution in [0.1, 0.15) is 38.8 Å². The highest BCUT2D eigenvalue weighted by molar-refractivity contribution is 8.13. The van der Waals surface area contributed by atoms with Crippen LogP contribution in [0.25, 0.3) is 0 Å². The highest BCUT2D eigenvalue weighted by atomic mass is 32.2. The molecule has 3 nitrogen and oxygen atoms in total. The Labute approximate surface area is 197 Å². The zero-order chi connectivity index (χ0) is 22.8. The Morgan fingerprint density at radius 1 is 0.812 bits per heavy atom. The lowest BCUT2D eigenvalue weighted by Gasteiger charge is -2.40. The summed E-state index contributed by atoms with van der Waals surface area (Å²) in [4.78, 5) is 14.2. The van der Waals surface area contributed by atoms with Crippen molar-refractivity contribution in [2.75, 3.05) is 5.06 Å². The summed E-state index contributed by atoms with van der Waals surface area (Å²) in [6, 6.07) is 33.3. The van der Waals surface area contributed by atoms with Crippen molar-refractivity contribution in [1.82, 2.24) is 0 Å². The van der Waals surface area contributed by atoms with Gasteiger partial charge in [-0.1, -0.05) is 99.3 Å². The molecule has 0 saturated carbocycles. The van der Waals surface area contributed by atoms with Gasteiger partial charge in [0.05, 0.1) is 11.7 Å². The Bertz CT molecular complexity index is 941. The van der Waals surface area contributed by atoms with Crippen LogP contribution in [-0.4, -0.2) is 13.4 Å². The molecule has 32 heavy (non-hydrogen) atoms. The van der Waals surface area contributed by atoms with Gasteiger partial charge in [0.25, 0.3) is 0 Å². The van der Waals surface area contributed by atoms with Crippen molar-refractivity contribution < 1.29 is 9.32 Å². The second-order valence-electron chi connectivity index (χ2n) is 7.91. The Kier molecular flexibility index (Phi) is 9.15. The number of hydroxylamine groups is 1. The van der Waals surface area contributed by atoms with Gasteiger partial charge in [0.2, 0.25) is 8.32 Å². The van der Waals surface area contributed by atoms with Gasteiger partial charge in [0.1, 0.15) is 0 Å². The highest BCUT2D eigenvalue weighted by Crippen LogP contribution is 2.36. The summed E-state index contributed by atoms with van der Waals surface area (Å²) < 4.78 is 6.95. The summed E-state index contributed by atoms with van der Waals surface area (Å²) >= 11 is 1.30. The molecule has 3 aromatic rings. The van der Waals surface area contributed by atoms with Gasteiger partial charge in [-0.15, -0.1) is 0 Å². The van der Waals surface area contributed by atoms with Gasteiger partial charge in [-0.25, -0.2) is 0 Å². The van der Waals surface area contributed by atoms with E-state index < -0.39 is 8.32 Å². The predicted octanol–water partition coefficient (Wildman–Crippen LogP) is 7.88. The summed E-state index contributed by atoms with van der Waals surface area (Å²) in [5, 5.41) is 2.17. The quantitative estimate of drug-likeness (QED) is 0.164. The number of para-hydroxylation sites is 1. The molecule has 3 rings (SSSR count). The second-order valence-corrected chi connectivity index (χ2v) is 13.7. The Morgan fingerprint density at radius 3 is 1.84 bits per heavy atom. The molecule has 0 amide bonds. The minimum atomic E-state index is -1.98. The fraction of sp³-hybridized carbons (Fsp3) is 0.296. The lowest BCUT2D eigenvalue weighted by Crippen LogP contribution is -2.45. The number of anilines is 1. The van der Waals surface area contributed by atoms with E-state index in [1.54, 1.807) is 0 Å². The standard InChI is InChI=1S/C27H33NO2SSi/c1-4-32(5-2,6-3)30-28(24-18-12-8-13-19-24)26(23-16-10-7-11-17-23)22-27(29)31-25-20-14-9-15-21-25/h7-21,26H,4-6,22H2,1-3H3. The first-order chi connectivity index (χ1) is 15.6. The molecule has 1 atom stereocenters. The molecule has 0 aliphatic carbocycles. The first-order valence-corrected chi connectivity index (χ1v) is 14.8. The summed E-state index contributed by atoms with van der Waals surface area (Å²) in [7, 11) is -1.98. The van der Waals surface area contributed by atoms with Crippen molar-refractivity contribution in [3.8, 4) is 0 Å². The van der Waals surface area contributed by atoms with E-state index in [0.717, 1.165) is 34.3 Å². The highest BCUT2D eigenvalue weighted by Gasteiger charge is 2.36. The molecule has 0 aromatic heterocycles. The lowest BCUT2D eigenvalue weighted by atomic mass is 10.0. The fourth-order valence-corrected chi connectivity index (χ4v) is 7.19. The van der Waals surface area contributed by atoms with Crippen LogP contribution in [0.5, 0.6) is 0 Å². The minimum absolute atomic E-state index is 0.131. The zero-order valence-corrected chi connectivity index (χ0v) is 21.1. The normalized spacial score (nSPS) is 12.3. The lowest BCUT2D eigenvalue weighted by molar-refractivity contribution is -0.111. The van der Waals surface area contributed by atoms with Crippen molar-refractivity contribution in [2.45, 2.75) is 56.3 Å². The molecular formula is C27H33NO2SSi. The Morgan fingerprint density at radius 2 is 1.31 bits per heavy atom. The Balaban J connectivity index is 1.98. The SMILES string of the molecule is CC[Si](CC)(CC)ON(c1ccccc1)C(CC(=O)Sc1ccccc1)c1ccccc1. The predicted molar refractivity (Wildman–Crippen MR) is 138 cm³/mol. The third-order valence-corrected chi connectivity index (χ3v) is 11.4. The monoisotopic (exact) mass is 463 g/mol. The third kappa shape index (κ3) is 6.34. The van der Waals surface area contributed by atoms with E-state index in [4.69, 9.17) is 4.53 Å². The molecule has 0 bridgehead atoms. The summed E-state index contributed by atoms with van der Waals surface area (Å²) in [5.41, 5.74) is 2.08. The zero-order valence-electron chi connectivity index (χ0n) is 19.2. The van der Waals surface area contributed by atoms with Gasteiger partial charge in [0, 0.05) is 11.3 Å². The number of hydrogen-bond donors (Lipinski definition) is 0. The van der Waals surface area contributed by atoms with Gasteiger partial charge >= 0.3 is 0 Å². The van der Waals surface area contributed by atoms with E-state index in [0.29, 0.717) is 6.42 Å². The fourth-order valence-electron chi connectivity index (χ4n) is 3.85. The molecule has 0 N–H and O–H groups in total. The van der Waals surface area contributed by atoms with Gasteiger partial charge in [0.15, 0.2) is 5.12 Å². The van der Waals surface area contributed by atoms with Crippen LogP contribution in [0.2, 0.25) is 18.1 Å². The molecule has 0 heterocycles. The van der Waals surface area contributed by atoms with E-state index in [2.05, 4.69) is 45.0 Å². The van der Waals surface area contributed by atoms with E-state index in [1.165, 1.54) is 11.8 Å². The van der Waals surface area contributed by atoms with Crippen molar-refractivity contribution in [1.29, 1.82) is 0 Å². The summed E-state index contributed by atoms with van der Waals surface area (Å²) in [6.45, 7) is 6.70. The molecule has 0 radical (unpaired) electrons. The average Bonchev–Trinajstić information content (AvgIpc) is 2.86. The Hall–Kier alpha value is -2.34. The van der Waals surface area contributed by atoms with E-state index in [-0.39, 0.29) is 11.2 Å². The topological polar surface area (TPSA) is 29.5 Å². The second kappa shape index (κ2) is 12.0. The summed E-state index contributed by atoms with van der Waals surface area (Å²) in [6.07, 6.45) is 0.361. The average molecular weight is 464 g/mol. The number of carbonyl (C=O) groups is 1. The van der Waals surface area contributed by atoms with Crippen molar-refractivity contribution in [3.05, 3.63) is 96.6 Å². The molecule has 1 unspecified atom stereocenters. The minimum Gasteiger partial charge on any atom is -0.319 e. The van der Waals surface area contributed by atoms with E-state index in [9.17, 15) is 4.79 Å². The number of rotatable bonds is 11. The van der Waals surface area contributed by atoms with Gasteiger partial charge in [-0.2, -0.15) is 0 Å². The van der Waals surface area contributed by atoms with Gasteiger partial charge < -0.3 is 4.53 Å². The maximum atomic E-state index is 13.2. The van der Waals surface area contributed by atoms with Crippen LogP contribution in [0.3, 0.4) is 0 Å². The maximum absolute atomic E-state index is 13.2. The molecule has 0 fully saturated rings. The van der Waals surface area contributed by atoms with Gasteiger partial charge in [-0.3, -0.25) is 9.86 Å². The van der Waals surface area contributed by atoms with Crippen molar-refractivity contribution in [3.63, 3.8) is 0 Å².